The molecule has 1 aliphatic heterocycles. The van der Waals surface area contributed by atoms with E-state index in [1.165, 1.54) is 0 Å². The second kappa shape index (κ2) is 9.33. The Balaban J connectivity index is 1.69. The van der Waals surface area contributed by atoms with Crippen molar-refractivity contribution in [3.05, 3.63) is 63.6 Å². The Kier molecular flexibility index (Phi) is 6.66. The van der Waals surface area contributed by atoms with E-state index in [0.29, 0.717) is 46.0 Å². The molecule has 1 heterocycles. The summed E-state index contributed by atoms with van der Waals surface area (Å²) in [6, 6.07) is 11.8. The van der Waals surface area contributed by atoms with Crippen LogP contribution in [0.1, 0.15) is 42.7 Å². The molecule has 1 aliphatic carbocycles. The molecule has 4 unspecified atom stereocenters. The largest absolute Gasteiger partial charge is 0.480 e. The van der Waals surface area contributed by atoms with Gasteiger partial charge in [0.15, 0.2) is 0 Å². The second-order valence-electron chi connectivity index (χ2n) is 8.59. The van der Waals surface area contributed by atoms with E-state index in [1.54, 1.807) is 47.4 Å². The van der Waals surface area contributed by atoms with Gasteiger partial charge >= 0.3 is 12.1 Å². The van der Waals surface area contributed by atoms with Crippen molar-refractivity contribution >= 4 is 47.2 Å². The monoisotopic (exact) mass is 490 g/mol. The average Bonchev–Trinajstić information content (AvgIpc) is 3.26. The maximum atomic E-state index is 13.3. The summed E-state index contributed by atoms with van der Waals surface area (Å²) >= 11 is 12.0. The summed E-state index contributed by atoms with van der Waals surface area (Å²) in [7, 11) is 0. The van der Waals surface area contributed by atoms with E-state index in [0.717, 1.165) is 6.42 Å². The van der Waals surface area contributed by atoms with Crippen molar-refractivity contribution in [1.82, 2.24) is 0 Å². The van der Waals surface area contributed by atoms with Crippen LogP contribution in [0.5, 0.6) is 0 Å². The van der Waals surface area contributed by atoms with Crippen LogP contribution < -0.4 is 10.6 Å². The zero-order valence-corrected chi connectivity index (χ0v) is 19.3. The number of aldehydes is 1. The fraction of sp³-hybridized carbons (Fsp3) is 0.375. The van der Waals surface area contributed by atoms with Gasteiger partial charge < -0.3 is 20.4 Å². The first-order valence-corrected chi connectivity index (χ1v) is 11.5. The molecule has 7 nitrogen and oxygen atoms in total. The number of ether oxygens (including phenoxy) is 1. The number of carbonyl (C=O) groups excluding carboxylic acids is 2. The number of nitrogens with zero attached hydrogens (tertiary/aromatic N) is 1. The smallest absolute Gasteiger partial charge is 0.414 e. The van der Waals surface area contributed by atoms with Gasteiger partial charge in [0, 0.05) is 18.4 Å². The van der Waals surface area contributed by atoms with E-state index in [-0.39, 0.29) is 25.0 Å². The highest BCUT2D eigenvalue weighted by molar-refractivity contribution is 6.42. The molecule has 4 rings (SSSR count). The first-order valence-electron chi connectivity index (χ1n) is 10.7. The molecule has 0 spiro atoms. The van der Waals surface area contributed by atoms with Crippen molar-refractivity contribution in [3.63, 3.8) is 0 Å². The molecule has 2 aromatic carbocycles. The van der Waals surface area contributed by atoms with Crippen molar-refractivity contribution in [2.75, 3.05) is 4.90 Å². The van der Waals surface area contributed by atoms with E-state index in [4.69, 9.17) is 33.7 Å². The van der Waals surface area contributed by atoms with E-state index >= 15 is 0 Å². The molecule has 0 radical (unpaired) electrons. The summed E-state index contributed by atoms with van der Waals surface area (Å²) in [5, 5.41) is 10.8. The van der Waals surface area contributed by atoms with E-state index in [2.05, 4.69) is 0 Å². The number of nitrogens with two attached hydrogens (primary N) is 1. The van der Waals surface area contributed by atoms with Crippen molar-refractivity contribution in [2.24, 2.45) is 11.7 Å². The summed E-state index contributed by atoms with van der Waals surface area (Å²) in [4.78, 5) is 38.5. The maximum absolute atomic E-state index is 13.3. The highest BCUT2D eigenvalue weighted by Crippen LogP contribution is 2.53. The highest BCUT2D eigenvalue weighted by atomic mass is 35.5. The number of halogens is 2. The number of fused-ring (bicyclic) bond motifs is 2. The maximum Gasteiger partial charge on any atom is 0.414 e. The van der Waals surface area contributed by atoms with Crippen LogP contribution in [0.3, 0.4) is 0 Å². The van der Waals surface area contributed by atoms with Gasteiger partial charge in [-0.3, -0.25) is 9.69 Å². The van der Waals surface area contributed by atoms with Gasteiger partial charge in [0.2, 0.25) is 0 Å². The van der Waals surface area contributed by atoms with Gasteiger partial charge in [-0.1, -0.05) is 53.9 Å². The van der Waals surface area contributed by atoms with E-state index in [1.807, 2.05) is 0 Å². The predicted octanol–water partition coefficient (Wildman–Crippen LogP) is 4.77. The summed E-state index contributed by atoms with van der Waals surface area (Å²) < 4.78 is 5.62. The topological polar surface area (TPSA) is 110 Å². The van der Waals surface area contributed by atoms with Gasteiger partial charge in [0.1, 0.15) is 18.4 Å². The lowest BCUT2D eigenvalue weighted by atomic mass is 9.66. The van der Waals surface area contributed by atoms with Crippen molar-refractivity contribution in [1.29, 1.82) is 0 Å². The molecule has 0 bridgehead atoms. The van der Waals surface area contributed by atoms with Gasteiger partial charge in [-0.05, 0) is 48.1 Å². The first-order chi connectivity index (χ1) is 15.8. The number of carboxylic acids is 1. The molecule has 1 fully saturated rings. The average molecular weight is 491 g/mol. The lowest BCUT2D eigenvalue weighted by Gasteiger charge is -2.47. The Morgan fingerprint density at radius 2 is 1.94 bits per heavy atom. The third-order valence-corrected chi connectivity index (χ3v) is 7.48. The molecule has 2 aromatic rings. The van der Waals surface area contributed by atoms with Crippen LogP contribution in [0, 0.1) is 5.92 Å². The predicted molar refractivity (Wildman–Crippen MR) is 125 cm³/mol. The Bertz CT molecular complexity index is 1090. The summed E-state index contributed by atoms with van der Waals surface area (Å²) in [6.45, 7) is 0.0102. The van der Waals surface area contributed by atoms with Gasteiger partial charge in [0.05, 0.1) is 15.7 Å². The zero-order valence-electron chi connectivity index (χ0n) is 17.7. The number of carboxylic acid groups (broad SMARTS) is 1. The quantitative estimate of drug-likeness (QED) is 0.564. The molecule has 3 N–H and O–H groups in total. The highest BCUT2D eigenvalue weighted by Gasteiger charge is 2.55. The molecular formula is C24H24Cl2N2O5. The van der Waals surface area contributed by atoms with Crippen LogP contribution in [-0.4, -0.2) is 35.0 Å². The lowest BCUT2D eigenvalue weighted by molar-refractivity contribution is -0.146. The van der Waals surface area contributed by atoms with Gasteiger partial charge in [-0.15, -0.1) is 0 Å². The Labute approximate surface area is 201 Å². The Morgan fingerprint density at radius 1 is 1.18 bits per heavy atom. The van der Waals surface area contributed by atoms with Gasteiger partial charge in [-0.2, -0.15) is 0 Å². The molecule has 9 heteroatoms. The number of aliphatic carboxylic acids is 1. The van der Waals surface area contributed by atoms with Gasteiger partial charge in [0.25, 0.3) is 0 Å². The summed E-state index contributed by atoms with van der Waals surface area (Å²) in [5.74, 6) is -2.04. The third kappa shape index (κ3) is 4.21. The molecule has 4 atom stereocenters. The number of rotatable bonds is 6. The molecular weight excluding hydrogens is 467 g/mol. The number of hydrogen-bond donors (Lipinski definition) is 2. The number of benzene rings is 2. The Morgan fingerprint density at radius 3 is 2.64 bits per heavy atom. The standard InChI is InChI=1S/C24H24Cl2N2O5/c25-17-9-8-14(12-18(17)26)13-33-23(32)28-19-6-2-1-4-15(19)21(16-5-3-7-20(16)28)24(27,10-11-29)22(30)31/h1-2,4,6,8-9,11-12,16,20-21H,3,5,7,10,13,27H2,(H,30,31). The van der Waals surface area contributed by atoms with Crippen LogP contribution in [0.2, 0.25) is 10.0 Å². The second-order valence-corrected chi connectivity index (χ2v) is 9.40. The van der Waals surface area contributed by atoms with Crippen molar-refractivity contribution in [3.8, 4) is 0 Å². The van der Waals surface area contributed by atoms with Crippen LogP contribution in [0.15, 0.2) is 42.5 Å². The molecule has 174 valence electrons. The minimum atomic E-state index is -1.76. The summed E-state index contributed by atoms with van der Waals surface area (Å²) in [6.07, 6.45) is 1.91. The van der Waals surface area contributed by atoms with Crippen LogP contribution in [0.25, 0.3) is 0 Å². The fourth-order valence-corrected chi connectivity index (χ4v) is 5.60. The number of para-hydroxylation sites is 1. The molecule has 2 aliphatic rings. The molecule has 33 heavy (non-hydrogen) atoms. The molecule has 0 saturated heterocycles. The molecule has 0 aromatic heterocycles. The van der Waals surface area contributed by atoms with Crippen LogP contribution in [-0.2, 0) is 20.9 Å². The number of anilines is 1. The zero-order chi connectivity index (χ0) is 23.8. The van der Waals surface area contributed by atoms with Crippen molar-refractivity contribution < 1.29 is 24.2 Å². The SMILES string of the molecule is NC(CC=O)(C(=O)O)C1c2ccccc2N(C(=O)OCc2ccc(Cl)c(Cl)c2)C2CCCC21. The lowest BCUT2D eigenvalue weighted by Crippen LogP contribution is -2.60. The molecule has 1 saturated carbocycles. The van der Waals surface area contributed by atoms with Gasteiger partial charge in [-0.25, -0.2) is 4.79 Å². The molecule has 1 amide bonds. The van der Waals surface area contributed by atoms with E-state index < -0.39 is 23.5 Å². The summed E-state index contributed by atoms with van der Waals surface area (Å²) in [5.41, 5.74) is 6.52. The minimum absolute atomic E-state index is 0.0102. The van der Waals surface area contributed by atoms with Crippen LogP contribution >= 0.6 is 23.2 Å². The number of carbonyl (C=O) groups is 3. The normalized spacial score (nSPS) is 23.2. The number of amides is 1. The first kappa shape index (κ1) is 23.5. The Hall–Kier alpha value is -2.61. The fourth-order valence-electron chi connectivity index (χ4n) is 5.28. The minimum Gasteiger partial charge on any atom is -0.480 e. The van der Waals surface area contributed by atoms with Crippen LogP contribution in [0.4, 0.5) is 10.5 Å². The van der Waals surface area contributed by atoms with Crippen molar-refractivity contribution in [2.45, 2.75) is 49.8 Å². The van der Waals surface area contributed by atoms with E-state index in [9.17, 15) is 19.5 Å². The number of hydrogen-bond acceptors (Lipinski definition) is 5. The third-order valence-electron chi connectivity index (χ3n) is 6.74.